The van der Waals surface area contributed by atoms with Crippen LogP contribution in [0.25, 0.3) is 11.3 Å². The van der Waals surface area contributed by atoms with Gasteiger partial charge < -0.3 is 19.2 Å². The number of hydrogen-bond donors (Lipinski definition) is 1. The molecule has 116 valence electrons. The zero-order valence-electron chi connectivity index (χ0n) is 11.8. The minimum absolute atomic E-state index is 0. The van der Waals surface area contributed by atoms with Crippen LogP contribution in [-0.2, 0) is 4.74 Å². The molecule has 0 bridgehead atoms. The van der Waals surface area contributed by atoms with E-state index < -0.39 is 5.97 Å². The fraction of sp³-hybridized carbons (Fsp3) is 0.250. The van der Waals surface area contributed by atoms with E-state index in [9.17, 15) is 9.59 Å². The third kappa shape index (κ3) is 4.23. The van der Waals surface area contributed by atoms with Gasteiger partial charge in [-0.05, 0) is 12.1 Å². The van der Waals surface area contributed by atoms with Crippen molar-refractivity contribution in [3.05, 3.63) is 52.2 Å². The Morgan fingerprint density at radius 1 is 1.13 bits per heavy atom. The summed E-state index contributed by atoms with van der Waals surface area (Å²) in [5, 5.41) is 9.05. The molecule has 1 N–H and O–H groups in total. The third-order valence-corrected chi connectivity index (χ3v) is 3.47. The van der Waals surface area contributed by atoms with Gasteiger partial charge in [0.2, 0.25) is 0 Å². The molecule has 0 amide bonds. The number of hydrogen-bond acceptors (Lipinski definition) is 5. The second-order valence-corrected chi connectivity index (χ2v) is 4.98. The zero-order chi connectivity index (χ0) is 15.5. The van der Waals surface area contributed by atoms with E-state index in [1.807, 2.05) is 4.90 Å². The van der Waals surface area contributed by atoms with Gasteiger partial charge in [-0.3, -0.25) is 4.79 Å². The van der Waals surface area contributed by atoms with E-state index in [4.69, 9.17) is 14.3 Å². The van der Waals surface area contributed by atoms with Crippen molar-refractivity contribution in [1.82, 2.24) is 0 Å². The van der Waals surface area contributed by atoms with Crippen molar-refractivity contribution in [2.24, 2.45) is 0 Å². The number of anilines is 1. The van der Waals surface area contributed by atoms with Gasteiger partial charge in [0.15, 0.2) is 11.3 Å². The van der Waals surface area contributed by atoms with Gasteiger partial charge >= 0.3 is 35.5 Å². The SMILES string of the molecule is O=C(O)c1cccc(-c2cc(=O)cc(N3CCOCC3)o2)c1.[NaH]. The van der Waals surface area contributed by atoms with Gasteiger partial charge in [-0.2, -0.15) is 0 Å². The van der Waals surface area contributed by atoms with Crippen LogP contribution < -0.4 is 10.3 Å². The Morgan fingerprint density at radius 3 is 2.57 bits per heavy atom. The average molecular weight is 325 g/mol. The predicted molar refractivity (Wildman–Crippen MR) is 87.6 cm³/mol. The number of ether oxygens (including phenoxy) is 1. The van der Waals surface area contributed by atoms with E-state index in [1.54, 1.807) is 12.1 Å². The fourth-order valence-electron chi connectivity index (χ4n) is 2.35. The van der Waals surface area contributed by atoms with E-state index >= 15 is 0 Å². The van der Waals surface area contributed by atoms with Crippen molar-refractivity contribution in [3.8, 4) is 11.3 Å². The molecule has 2 heterocycles. The molecule has 0 saturated carbocycles. The predicted octanol–water partition coefficient (Wildman–Crippen LogP) is 1.19. The van der Waals surface area contributed by atoms with Gasteiger partial charge in [0.1, 0.15) is 5.76 Å². The van der Waals surface area contributed by atoms with E-state index in [0.29, 0.717) is 43.5 Å². The normalized spacial score (nSPS) is 14.2. The van der Waals surface area contributed by atoms with Crippen LogP contribution in [0.4, 0.5) is 5.88 Å². The van der Waals surface area contributed by atoms with Crippen LogP contribution in [0, 0.1) is 0 Å². The molecule has 1 aromatic heterocycles. The van der Waals surface area contributed by atoms with Crippen molar-refractivity contribution < 1.29 is 19.1 Å². The van der Waals surface area contributed by atoms with Crippen LogP contribution in [0.2, 0.25) is 0 Å². The van der Waals surface area contributed by atoms with E-state index in [0.717, 1.165) is 0 Å². The summed E-state index contributed by atoms with van der Waals surface area (Å²) in [5.74, 6) is -0.183. The van der Waals surface area contributed by atoms with Gasteiger partial charge in [-0.1, -0.05) is 12.1 Å². The second kappa shape index (κ2) is 7.79. The van der Waals surface area contributed by atoms with Crippen molar-refractivity contribution in [2.75, 3.05) is 31.2 Å². The van der Waals surface area contributed by atoms with Crippen LogP contribution in [0.15, 0.2) is 45.6 Å². The molecule has 0 aliphatic carbocycles. The van der Waals surface area contributed by atoms with E-state index in [1.165, 1.54) is 24.3 Å². The molecule has 0 spiro atoms. The first-order chi connectivity index (χ1) is 10.6. The molecule has 1 aliphatic rings. The van der Waals surface area contributed by atoms with Gasteiger partial charge in [0, 0.05) is 30.8 Å². The van der Waals surface area contributed by atoms with Crippen LogP contribution in [0.3, 0.4) is 0 Å². The number of rotatable bonds is 3. The summed E-state index contributed by atoms with van der Waals surface area (Å²) in [6, 6.07) is 9.13. The maximum absolute atomic E-state index is 11.9. The summed E-state index contributed by atoms with van der Waals surface area (Å²) >= 11 is 0. The standard InChI is InChI=1S/C16H15NO5.Na.H/c18-13-9-14(11-2-1-3-12(8-11)16(19)20)22-15(10-13)17-4-6-21-7-5-17;;/h1-3,8-10H,4-7H2,(H,19,20);;. The molecule has 1 aromatic carbocycles. The number of nitrogens with zero attached hydrogens (tertiary/aromatic N) is 1. The maximum atomic E-state index is 11.9. The first-order valence-corrected chi connectivity index (χ1v) is 6.95. The van der Waals surface area contributed by atoms with Crippen LogP contribution in [-0.4, -0.2) is 66.9 Å². The van der Waals surface area contributed by atoms with Gasteiger partial charge in [0.25, 0.3) is 0 Å². The number of carboxylic acid groups (broad SMARTS) is 1. The Balaban J connectivity index is 0.00000192. The quantitative estimate of drug-likeness (QED) is 0.854. The Bertz CT molecular complexity index is 752. The van der Waals surface area contributed by atoms with Crippen molar-refractivity contribution in [3.63, 3.8) is 0 Å². The van der Waals surface area contributed by atoms with Crippen LogP contribution in [0.1, 0.15) is 10.4 Å². The molecule has 3 rings (SSSR count). The topological polar surface area (TPSA) is 80.0 Å². The Kier molecular flexibility index (Phi) is 6.01. The molecule has 1 saturated heterocycles. The van der Waals surface area contributed by atoms with Gasteiger partial charge in [-0.25, -0.2) is 4.79 Å². The zero-order valence-corrected chi connectivity index (χ0v) is 11.8. The van der Waals surface area contributed by atoms with Crippen LogP contribution >= 0.6 is 0 Å². The molecule has 0 atom stereocenters. The van der Waals surface area contributed by atoms with E-state index in [2.05, 4.69) is 0 Å². The number of benzene rings is 1. The second-order valence-electron chi connectivity index (χ2n) is 4.98. The summed E-state index contributed by atoms with van der Waals surface area (Å²) in [6.45, 7) is 2.48. The van der Waals surface area contributed by atoms with Crippen LogP contribution in [0.5, 0.6) is 0 Å². The molecule has 1 fully saturated rings. The average Bonchev–Trinajstić information content (AvgIpc) is 2.55. The summed E-state index contributed by atoms with van der Waals surface area (Å²) < 4.78 is 11.1. The number of aromatic carboxylic acids is 1. The van der Waals surface area contributed by atoms with Gasteiger partial charge in [0.05, 0.1) is 18.8 Å². The molecule has 0 unspecified atom stereocenters. The molecule has 0 radical (unpaired) electrons. The van der Waals surface area contributed by atoms with Crippen molar-refractivity contribution in [1.29, 1.82) is 0 Å². The first-order valence-electron chi connectivity index (χ1n) is 6.95. The Hall–Kier alpha value is -1.60. The summed E-state index contributed by atoms with van der Waals surface area (Å²) in [6.07, 6.45) is 0. The third-order valence-electron chi connectivity index (χ3n) is 3.47. The monoisotopic (exact) mass is 325 g/mol. The van der Waals surface area contributed by atoms with Crippen molar-refractivity contribution in [2.45, 2.75) is 0 Å². The Morgan fingerprint density at radius 2 is 1.87 bits per heavy atom. The number of morpholine rings is 1. The molecule has 23 heavy (non-hydrogen) atoms. The molecule has 7 heteroatoms. The van der Waals surface area contributed by atoms with Gasteiger partial charge in [-0.15, -0.1) is 0 Å². The summed E-state index contributed by atoms with van der Waals surface area (Å²) in [5.41, 5.74) is 0.535. The van der Waals surface area contributed by atoms with E-state index in [-0.39, 0.29) is 40.5 Å². The molecule has 6 nitrogen and oxygen atoms in total. The summed E-state index contributed by atoms with van der Waals surface area (Å²) in [7, 11) is 0. The minimum atomic E-state index is -1.02. The summed E-state index contributed by atoms with van der Waals surface area (Å²) in [4.78, 5) is 24.9. The number of carbonyl (C=O) groups is 1. The van der Waals surface area contributed by atoms with Crippen molar-refractivity contribution >= 4 is 41.4 Å². The first kappa shape index (κ1) is 17.7. The number of carboxylic acids is 1. The fourth-order valence-corrected chi connectivity index (χ4v) is 2.35. The molecular weight excluding hydrogens is 309 g/mol. The molecular formula is C16H16NNaO5. The molecule has 2 aromatic rings. The Labute approximate surface area is 155 Å². The molecule has 1 aliphatic heterocycles.